The van der Waals surface area contributed by atoms with Crippen LogP contribution in [0.15, 0.2) is 53.3 Å². The Bertz CT molecular complexity index is 1110. The van der Waals surface area contributed by atoms with Gasteiger partial charge in [-0.2, -0.15) is 5.10 Å². The Morgan fingerprint density at radius 2 is 1.76 bits per heavy atom. The van der Waals surface area contributed by atoms with Crippen molar-refractivity contribution in [3.63, 3.8) is 0 Å². The molecule has 1 aromatic heterocycles. The first-order chi connectivity index (χ1) is 13.9. The molecule has 0 aliphatic rings. The van der Waals surface area contributed by atoms with Crippen molar-refractivity contribution >= 4 is 22.6 Å². The molecule has 29 heavy (non-hydrogen) atoms. The van der Waals surface area contributed by atoms with Gasteiger partial charge in [-0.05, 0) is 44.2 Å². The minimum Gasteiger partial charge on any atom is -0.481 e. The molecule has 2 N–H and O–H groups in total. The van der Waals surface area contributed by atoms with Crippen LogP contribution in [-0.2, 0) is 11.3 Å². The highest BCUT2D eigenvalue weighted by Crippen LogP contribution is 2.14. The largest absolute Gasteiger partial charge is 0.481 e. The van der Waals surface area contributed by atoms with E-state index in [9.17, 15) is 18.8 Å². The van der Waals surface area contributed by atoms with E-state index in [1.165, 1.54) is 35.9 Å². The Kier molecular flexibility index (Phi) is 5.87. The number of hydrogen-bond donors (Lipinski definition) is 2. The van der Waals surface area contributed by atoms with Gasteiger partial charge in [0.05, 0.1) is 5.39 Å². The quantitative estimate of drug-likeness (QED) is 0.638. The van der Waals surface area contributed by atoms with Gasteiger partial charge in [0.15, 0.2) is 11.8 Å². The molecule has 2 amide bonds. The van der Waals surface area contributed by atoms with E-state index in [0.29, 0.717) is 23.1 Å². The van der Waals surface area contributed by atoms with E-state index in [1.807, 2.05) is 0 Å². The van der Waals surface area contributed by atoms with Crippen LogP contribution < -0.4 is 21.1 Å². The molecule has 0 radical (unpaired) electrons. The number of amides is 2. The predicted molar refractivity (Wildman–Crippen MR) is 104 cm³/mol. The third-order valence-corrected chi connectivity index (χ3v) is 4.18. The Morgan fingerprint density at radius 1 is 1.10 bits per heavy atom. The number of aryl methyl sites for hydroxylation is 1. The molecule has 150 valence electrons. The maximum absolute atomic E-state index is 12.9. The van der Waals surface area contributed by atoms with Gasteiger partial charge in [0, 0.05) is 11.9 Å². The SMILES string of the molecule is CCn1nc(C(=O)NNC(=O)[C@@H](C)Oc2ccc(F)cc2)c2ccccc2c1=O. The molecule has 8 nitrogen and oxygen atoms in total. The van der Waals surface area contributed by atoms with Crippen molar-refractivity contribution in [2.45, 2.75) is 26.5 Å². The van der Waals surface area contributed by atoms with Gasteiger partial charge in [0.25, 0.3) is 17.4 Å². The molecule has 0 saturated carbocycles. The summed E-state index contributed by atoms with van der Waals surface area (Å²) in [5.74, 6) is -1.40. The van der Waals surface area contributed by atoms with Crippen LogP contribution in [0.2, 0.25) is 0 Å². The Labute approximate surface area is 165 Å². The number of aromatic nitrogens is 2. The van der Waals surface area contributed by atoms with Crippen LogP contribution in [0, 0.1) is 5.82 Å². The number of hydrogen-bond acceptors (Lipinski definition) is 5. The van der Waals surface area contributed by atoms with Crippen molar-refractivity contribution in [3.8, 4) is 5.75 Å². The highest BCUT2D eigenvalue weighted by atomic mass is 19.1. The molecule has 3 aromatic rings. The molecule has 0 spiro atoms. The number of rotatable bonds is 5. The lowest BCUT2D eigenvalue weighted by Gasteiger charge is -2.15. The van der Waals surface area contributed by atoms with Crippen LogP contribution in [0.3, 0.4) is 0 Å². The average Bonchev–Trinajstić information content (AvgIpc) is 2.73. The summed E-state index contributed by atoms with van der Waals surface area (Å²) in [6.07, 6.45) is -0.949. The second-order valence-corrected chi connectivity index (χ2v) is 6.17. The van der Waals surface area contributed by atoms with Gasteiger partial charge in [0.2, 0.25) is 0 Å². The van der Waals surface area contributed by atoms with Crippen LogP contribution in [0.5, 0.6) is 5.75 Å². The first-order valence-corrected chi connectivity index (χ1v) is 8.93. The molecular formula is C20H19FN4O4. The molecule has 2 aromatic carbocycles. The molecular weight excluding hydrogens is 379 g/mol. The lowest BCUT2D eigenvalue weighted by Crippen LogP contribution is -2.47. The van der Waals surface area contributed by atoms with Gasteiger partial charge >= 0.3 is 0 Å². The predicted octanol–water partition coefficient (Wildman–Crippen LogP) is 1.78. The molecule has 3 rings (SSSR count). The summed E-state index contributed by atoms with van der Waals surface area (Å²) in [7, 11) is 0. The van der Waals surface area contributed by atoms with Crippen LogP contribution >= 0.6 is 0 Å². The van der Waals surface area contributed by atoms with E-state index in [-0.39, 0.29) is 11.3 Å². The van der Waals surface area contributed by atoms with E-state index in [0.717, 1.165) is 0 Å². The first-order valence-electron chi connectivity index (χ1n) is 8.93. The monoisotopic (exact) mass is 398 g/mol. The Morgan fingerprint density at radius 3 is 2.41 bits per heavy atom. The number of benzene rings is 2. The first kappa shape index (κ1) is 20.0. The number of carbonyl (C=O) groups is 2. The zero-order valence-electron chi connectivity index (χ0n) is 15.8. The van der Waals surface area contributed by atoms with Crippen LogP contribution in [0.25, 0.3) is 10.8 Å². The van der Waals surface area contributed by atoms with Crippen LogP contribution in [0.1, 0.15) is 24.3 Å². The minimum atomic E-state index is -0.949. The molecule has 1 atom stereocenters. The summed E-state index contributed by atoms with van der Waals surface area (Å²) in [4.78, 5) is 37.1. The van der Waals surface area contributed by atoms with Gasteiger partial charge in [-0.15, -0.1) is 0 Å². The summed E-state index contributed by atoms with van der Waals surface area (Å²) in [5, 5.41) is 4.83. The second kappa shape index (κ2) is 8.51. The Balaban J connectivity index is 1.72. The average molecular weight is 398 g/mol. The molecule has 9 heteroatoms. The number of nitrogens with one attached hydrogen (secondary N) is 2. The van der Waals surface area contributed by atoms with Crippen molar-refractivity contribution < 1.29 is 18.7 Å². The third-order valence-electron chi connectivity index (χ3n) is 4.18. The van der Waals surface area contributed by atoms with Gasteiger partial charge in [-0.1, -0.05) is 18.2 Å². The van der Waals surface area contributed by atoms with Gasteiger partial charge in [0.1, 0.15) is 11.6 Å². The maximum Gasteiger partial charge on any atom is 0.290 e. The molecule has 0 unspecified atom stereocenters. The summed E-state index contributed by atoms with van der Waals surface area (Å²) in [6, 6.07) is 11.8. The highest BCUT2D eigenvalue weighted by molar-refractivity contribution is 6.05. The fourth-order valence-electron chi connectivity index (χ4n) is 2.67. The van der Waals surface area contributed by atoms with Gasteiger partial charge < -0.3 is 4.74 Å². The second-order valence-electron chi connectivity index (χ2n) is 6.17. The number of fused-ring (bicyclic) bond motifs is 1. The van der Waals surface area contributed by atoms with Crippen molar-refractivity contribution in [1.29, 1.82) is 0 Å². The van der Waals surface area contributed by atoms with Gasteiger partial charge in [-0.25, -0.2) is 9.07 Å². The standard InChI is InChI=1S/C20H19FN4O4/c1-3-25-20(28)16-7-5-4-6-15(16)17(24-25)19(27)23-22-18(26)12(2)29-14-10-8-13(21)9-11-14/h4-12H,3H2,1-2H3,(H,22,26)(H,23,27)/t12-/m1/s1. The number of nitrogens with zero attached hydrogens (tertiary/aromatic N) is 2. The highest BCUT2D eigenvalue weighted by Gasteiger charge is 2.19. The molecule has 0 aliphatic carbocycles. The van der Waals surface area contributed by atoms with Crippen molar-refractivity contribution in [3.05, 3.63) is 70.4 Å². The van der Waals surface area contributed by atoms with Crippen LogP contribution in [-0.4, -0.2) is 27.7 Å². The van der Waals surface area contributed by atoms with Gasteiger partial charge in [-0.3, -0.25) is 25.2 Å². The lowest BCUT2D eigenvalue weighted by molar-refractivity contribution is -0.128. The zero-order chi connectivity index (χ0) is 21.0. The summed E-state index contributed by atoms with van der Waals surface area (Å²) in [5.41, 5.74) is 4.25. The fraction of sp³-hybridized carbons (Fsp3) is 0.200. The van der Waals surface area contributed by atoms with Crippen LogP contribution in [0.4, 0.5) is 4.39 Å². The van der Waals surface area contributed by atoms with E-state index < -0.39 is 23.7 Å². The number of carbonyl (C=O) groups excluding carboxylic acids is 2. The fourth-order valence-corrected chi connectivity index (χ4v) is 2.67. The molecule has 0 fully saturated rings. The van der Waals surface area contributed by atoms with E-state index >= 15 is 0 Å². The maximum atomic E-state index is 12.9. The zero-order valence-corrected chi connectivity index (χ0v) is 15.8. The van der Waals surface area contributed by atoms with E-state index in [1.54, 1.807) is 31.2 Å². The molecule has 0 saturated heterocycles. The molecule has 1 heterocycles. The number of halogens is 1. The normalized spacial score (nSPS) is 11.7. The molecule has 0 bridgehead atoms. The summed E-state index contributed by atoms with van der Waals surface area (Å²) >= 11 is 0. The smallest absolute Gasteiger partial charge is 0.290 e. The summed E-state index contributed by atoms with van der Waals surface area (Å²) in [6.45, 7) is 3.51. The third kappa shape index (κ3) is 4.40. The lowest BCUT2D eigenvalue weighted by atomic mass is 10.1. The Hall–Kier alpha value is -3.75. The van der Waals surface area contributed by atoms with E-state index in [4.69, 9.17) is 4.74 Å². The van der Waals surface area contributed by atoms with Crippen molar-refractivity contribution in [2.24, 2.45) is 0 Å². The summed E-state index contributed by atoms with van der Waals surface area (Å²) < 4.78 is 19.5. The van der Waals surface area contributed by atoms with E-state index in [2.05, 4.69) is 16.0 Å². The van der Waals surface area contributed by atoms with Crippen molar-refractivity contribution in [1.82, 2.24) is 20.6 Å². The topological polar surface area (TPSA) is 102 Å². The number of ether oxygens (including phenoxy) is 1. The molecule has 0 aliphatic heterocycles. The number of hydrazine groups is 1. The minimum absolute atomic E-state index is 0.00876. The van der Waals surface area contributed by atoms with Crippen molar-refractivity contribution in [2.75, 3.05) is 0 Å².